The third-order valence-electron chi connectivity index (χ3n) is 3.84. The molecule has 0 N–H and O–H groups in total. The van der Waals surface area contributed by atoms with Gasteiger partial charge in [0.15, 0.2) is 0 Å². The SMILES string of the molecule is CCOP(=O)(CP(=O)(Cl)N(Cc1ccccc1)Cc1ccccc1)OCC. The summed E-state index contributed by atoms with van der Waals surface area (Å²) < 4.78 is 38.6. The number of hydrogen-bond donors (Lipinski definition) is 0. The second kappa shape index (κ2) is 10.6. The minimum Gasteiger partial charge on any atom is -0.308 e. The monoisotopic (exact) mass is 429 g/mol. The van der Waals surface area contributed by atoms with Gasteiger partial charge in [-0.2, -0.15) is 0 Å². The van der Waals surface area contributed by atoms with Crippen molar-refractivity contribution < 1.29 is 18.2 Å². The molecule has 1 unspecified atom stereocenters. The zero-order valence-corrected chi connectivity index (χ0v) is 18.2. The molecule has 0 fully saturated rings. The second-order valence-electron chi connectivity index (χ2n) is 6.00. The molecule has 2 aromatic rings. The van der Waals surface area contributed by atoms with Crippen LogP contribution in [0.5, 0.6) is 0 Å². The molecule has 0 amide bonds. The minimum atomic E-state index is -3.54. The van der Waals surface area contributed by atoms with E-state index in [0.29, 0.717) is 13.1 Å². The summed E-state index contributed by atoms with van der Waals surface area (Å²) in [5.41, 5.74) is 1.94. The van der Waals surface area contributed by atoms with Crippen molar-refractivity contribution in [3.63, 3.8) is 0 Å². The van der Waals surface area contributed by atoms with Gasteiger partial charge in [-0.1, -0.05) is 60.7 Å². The molecule has 2 rings (SSSR count). The first-order chi connectivity index (χ1) is 12.9. The fraction of sp³-hybridized carbons (Fsp3) is 0.368. The second-order valence-corrected chi connectivity index (χ2v) is 12.3. The fourth-order valence-electron chi connectivity index (χ4n) is 2.67. The van der Waals surface area contributed by atoms with Crippen molar-refractivity contribution in [2.75, 3.05) is 19.1 Å². The van der Waals surface area contributed by atoms with Crippen LogP contribution in [0.25, 0.3) is 0 Å². The van der Waals surface area contributed by atoms with E-state index >= 15 is 0 Å². The summed E-state index contributed by atoms with van der Waals surface area (Å²) in [5, 5.41) is 0. The Labute approximate surface area is 166 Å². The van der Waals surface area contributed by atoms with Crippen molar-refractivity contribution >= 4 is 25.5 Å². The molecule has 0 heterocycles. The van der Waals surface area contributed by atoms with E-state index in [1.807, 2.05) is 60.7 Å². The standard InChI is InChI=1S/C19H26ClNO4P2/c1-3-24-27(23,25-4-2)17-26(20,22)21(15-18-11-7-5-8-12-18)16-19-13-9-6-10-14-19/h5-14H,3-4,15-17H2,1-2H3. The van der Waals surface area contributed by atoms with Crippen LogP contribution in [-0.4, -0.2) is 23.8 Å². The molecule has 0 aliphatic heterocycles. The van der Waals surface area contributed by atoms with E-state index in [4.69, 9.17) is 20.3 Å². The Morgan fingerprint density at radius 3 is 1.59 bits per heavy atom. The van der Waals surface area contributed by atoms with E-state index in [1.54, 1.807) is 18.5 Å². The van der Waals surface area contributed by atoms with Crippen LogP contribution in [-0.2, 0) is 31.3 Å². The number of benzene rings is 2. The summed E-state index contributed by atoms with van der Waals surface area (Å²) in [6.45, 7) is 1.05. The molecule has 0 radical (unpaired) electrons. The Morgan fingerprint density at radius 1 is 0.815 bits per heavy atom. The van der Waals surface area contributed by atoms with Gasteiger partial charge < -0.3 is 9.05 Å². The highest BCUT2D eigenvalue weighted by molar-refractivity contribution is 7.93. The summed E-state index contributed by atoms with van der Waals surface area (Å²) in [5.74, 6) is -0.330. The van der Waals surface area contributed by atoms with E-state index in [9.17, 15) is 9.13 Å². The maximum absolute atomic E-state index is 13.4. The predicted octanol–water partition coefficient (Wildman–Crippen LogP) is 6.34. The van der Waals surface area contributed by atoms with Crippen LogP contribution >= 0.6 is 25.5 Å². The summed E-state index contributed by atoms with van der Waals surface area (Å²) in [7, 11) is -3.54. The molecule has 0 aromatic heterocycles. The smallest absolute Gasteiger partial charge is 0.308 e. The minimum absolute atomic E-state index is 0.200. The van der Waals surface area contributed by atoms with Crippen molar-refractivity contribution in [2.24, 2.45) is 0 Å². The van der Waals surface area contributed by atoms with E-state index in [2.05, 4.69) is 0 Å². The zero-order valence-electron chi connectivity index (χ0n) is 15.7. The lowest BCUT2D eigenvalue weighted by Gasteiger charge is -2.29. The van der Waals surface area contributed by atoms with Crippen LogP contribution < -0.4 is 0 Å². The molecule has 0 saturated heterocycles. The van der Waals surface area contributed by atoms with E-state index < -0.39 is 14.2 Å². The molecule has 0 saturated carbocycles. The average molecular weight is 430 g/mol. The maximum atomic E-state index is 13.4. The van der Waals surface area contributed by atoms with Gasteiger partial charge in [0, 0.05) is 13.1 Å². The number of halogens is 1. The summed E-state index contributed by atoms with van der Waals surface area (Å²) in [6, 6.07) is 19.3. The Morgan fingerprint density at radius 2 is 1.22 bits per heavy atom. The number of nitrogens with zero attached hydrogens (tertiary/aromatic N) is 1. The lowest BCUT2D eigenvalue weighted by atomic mass is 10.2. The normalized spacial score (nSPS) is 14.2. The Balaban J connectivity index is 2.29. The summed E-state index contributed by atoms with van der Waals surface area (Å²) in [6.07, 6.45) is 0. The highest BCUT2D eigenvalue weighted by Gasteiger charge is 2.39. The van der Waals surface area contributed by atoms with Crippen molar-refractivity contribution in [1.82, 2.24) is 4.67 Å². The van der Waals surface area contributed by atoms with Gasteiger partial charge in [-0.15, -0.1) is 0 Å². The lowest BCUT2D eigenvalue weighted by molar-refractivity contribution is 0.223. The molecule has 8 heteroatoms. The molecule has 0 spiro atoms. The van der Waals surface area contributed by atoms with Crippen molar-refractivity contribution in [3.8, 4) is 0 Å². The lowest BCUT2D eigenvalue weighted by Crippen LogP contribution is -2.20. The molecule has 0 aliphatic carbocycles. The Bertz CT molecular complexity index is 737. The van der Waals surface area contributed by atoms with Gasteiger partial charge in [0.25, 0.3) is 0 Å². The maximum Gasteiger partial charge on any atom is 0.340 e. The molecular weight excluding hydrogens is 404 g/mol. The van der Waals surface area contributed by atoms with Gasteiger partial charge in [0.05, 0.1) is 13.2 Å². The third-order valence-corrected chi connectivity index (χ3v) is 10.7. The van der Waals surface area contributed by atoms with E-state index in [-0.39, 0.29) is 19.1 Å². The summed E-state index contributed by atoms with van der Waals surface area (Å²) in [4.78, 5) is 0. The van der Waals surface area contributed by atoms with Gasteiger partial charge in [-0.25, -0.2) is 4.67 Å². The molecule has 27 heavy (non-hydrogen) atoms. The Hall–Kier alpha value is -0.930. The predicted molar refractivity (Wildman–Crippen MR) is 111 cm³/mol. The molecule has 0 aliphatic rings. The highest BCUT2D eigenvalue weighted by Crippen LogP contribution is 2.67. The van der Waals surface area contributed by atoms with Crippen LogP contribution in [0.2, 0.25) is 0 Å². The van der Waals surface area contributed by atoms with Gasteiger partial charge in [0.1, 0.15) is 5.90 Å². The molecule has 5 nitrogen and oxygen atoms in total. The summed E-state index contributed by atoms with van der Waals surface area (Å²) >= 11 is 6.51. The zero-order chi connectivity index (χ0) is 19.8. The quantitative estimate of drug-likeness (QED) is 0.390. The van der Waals surface area contributed by atoms with Crippen LogP contribution in [0.1, 0.15) is 25.0 Å². The average Bonchev–Trinajstić information content (AvgIpc) is 2.62. The third kappa shape index (κ3) is 7.19. The molecular formula is C19H26ClNO4P2. The van der Waals surface area contributed by atoms with E-state index in [1.165, 1.54) is 0 Å². The van der Waals surface area contributed by atoms with Crippen molar-refractivity contribution in [3.05, 3.63) is 71.8 Å². The number of rotatable bonds is 11. The number of hydrogen-bond acceptors (Lipinski definition) is 4. The fourth-order valence-corrected chi connectivity index (χ4v) is 8.86. The Kier molecular flexibility index (Phi) is 8.75. The van der Waals surface area contributed by atoms with Gasteiger partial charge in [-0.05, 0) is 36.2 Å². The largest absolute Gasteiger partial charge is 0.340 e. The van der Waals surface area contributed by atoms with Gasteiger partial charge >= 0.3 is 7.60 Å². The van der Waals surface area contributed by atoms with Gasteiger partial charge in [0.2, 0.25) is 6.65 Å². The topological polar surface area (TPSA) is 55.8 Å². The van der Waals surface area contributed by atoms with Crippen LogP contribution in [0.3, 0.4) is 0 Å². The first-order valence-corrected chi connectivity index (χ1v) is 13.4. The molecule has 148 valence electrons. The van der Waals surface area contributed by atoms with Crippen molar-refractivity contribution in [1.29, 1.82) is 0 Å². The van der Waals surface area contributed by atoms with Crippen LogP contribution in [0, 0.1) is 0 Å². The van der Waals surface area contributed by atoms with E-state index in [0.717, 1.165) is 11.1 Å². The molecule has 1 atom stereocenters. The van der Waals surface area contributed by atoms with Crippen LogP contribution in [0.4, 0.5) is 0 Å². The van der Waals surface area contributed by atoms with Crippen molar-refractivity contribution in [2.45, 2.75) is 26.9 Å². The highest BCUT2D eigenvalue weighted by atomic mass is 35.7. The molecule has 0 bridgehead atoms. The van der Waals surface area contributed by atoms with Gasteiger partial charge in [-0.3, -0.25) is 9.13 Å². The first kappa shape index (κ1) is 22.4. The first-order valence-electron chi connectivity index (χ1n) is 8.88. The van der Waals surface area contributed by atoms with Crippen LogP contribution in [0.15, 0.2) is 60.7 Å². The molecule has 2 aromatic carbocycles.